The van der Waals surface area contributed by atoms with Crippen molar-refractivity contribution in [3.8, 4) is 0 Å². The summed E-state index contributed by atoms with van der Waals surface area (Å²) in [5, 5.41) is 0. The second-order valence-electron chi connectivity index (χ2n) is 8.82. The van der Waals surface area contributed by atoms with Crippen LogP contribution in [0.5, 0.6) is 0 Å². The van der Waals surface area contributed by atoms with Crippen LogP contribution in [0, 0.1) is 16.7 Å². The van der Waals surface area contributed by atoms with Gasteiger partial charge in [-0.25, -0.2) is 0 Å². The fourth-order valence-electron chi connectivity index (χ4n) is 6.11. The molecule has 0 radical (unpaired) electrons. The number of hydrogen-bond donors (Lipinski definition) is 1. The first-order chi connectivity index (χ1) is 11.4. The molecule has 0 aliphatic heterocycles. The van der Waals surface area contributed by atoms with Gasteiger partial charge in [-0.05, 0) is 60.8 Å². The molecule has 1 aromatic rings. The number of nitrogens with two attached hydrogens (primary N) is 1. The molecule has 0 saturated heterocycles. The van der Waals surface area contributed by atoms with Gasteiger partial charge in [-0.3, -0.25) is 4.79 Å². The van der Waals surface area contributed by atoms with Crippen LogP contribution in [-0.4, -0.2) is 5.91 Å². The summed E-state index contributed by atoms with van der Waals surface area (Å²) in [6.45, 7) is 6.77. The number of fused-ring (bicyclic) bond motifs is 2. The predicted octanol–water partition coefficient (Wildman–Crippen LogP) is 5.45. The van der Waals surface area contributed by atoms with E-state index in [-0.39, 0.29) is 18.2 Å². The predicted molar refractivity (Wildman–Crippen MR) is 102 cm³/mol. The van der Waals surface area contributed by atoms with E-state index in [0.29, 0.717) is 11.3 Å². The standard InChI is InChI=1S/C22H33NO.H2/c1-4-11-21(5-2)12-13-22(17-9-7-6-8-10-17)15-18(21)14-20(3,16-22)19(23)24;/h6-10,18H,4-5,11-16H2,1-3H3,(H2,23,24);1H. The maximum atomic E-state index is 12.4. The van der Waals surface area contributed by atoms with Crippen LogP contribution in [-0.2, 0) is 10.2 Å². The molecule has 0 aromatic heterocycles. The molecule has 0 heterocycles. The molecule has 2 N–H and O–H groups in total. The first-order valence-electron chi connectivity index (χ1n) is 9.75. The van der Waals surface area contributed by atoms with Crippen molar-refractivity contribution in [3.63, 3.8) is 0 Å². The molecular weight excluding hydrogens is 294 g/mol. The fraction of sp³-hybridized carbons (Fsp3) is 0.682. The highest BCUT2D eigenvalue weighted by atomic mass is 16.1. The molecule has 2 saturated carbocycles. The third kappa shape index (κ3) is 2.68. The molecule has 2 fully saturated rings. The lowest BCUT2D eigenvalue weighted by atomic mass is 9.45. The molecule has 2 bridgehead atoms. The van der Waals surface area contributed by atoms with E-state index in [1.807, 2.05) is 0 Å². The van der Waals surface area contributed by atoms with Crippen molar-refractivity contribution in [2.45, 2.75) is 77.6 Å². The molecule has 0 spiro atoms. The first kappa shape index (κ1) is 17.5. The molecule has 2 aliphatic carbocycles. The number of primary amides is 1. The highest BCUT2D eigenvalue weighted by molar-refractivity contribution is 5.80. The van der Waals surface area contributed by atoms with Crippen molar-refractivity contribution in [2.75, 3.05) is 0 Å². The van der Waals surface area contributed by atoms with Gasteiger partial charge in [-0.2, -0.15) is 0 Å². The molecule has 3 rings (SSSR count). The lowest BCUT2D eigenvalue weighted by Crippen LogP contribution is -2.55. The smallest absolute Gasteiger partial charge is 0.223 e. The quantitative estimate of drug-likeness (QED) is 0.766. The molecule has 4 unspecified atom stereocenters. The van der Waals surface area contributed by atoms with Crippen molar-refractivity contribution < 1.29 is 6.22 Å². The minimum absolute atomic E-state index is 0. The average Bonchev–Trinajstić information content (AvgIpc) is 2.58. The Morgan fingerprint density at radius 2 is 1.92 bits per heavy atom. The Morgan fingerprint density at radius 1 is 1.21 bits per heavy atom. The summed E-state index contributed by atoms with van der Waals surface area (Å²) < 4.78 is 0. The van der Waals surface area contributed by atoms with Crippen molar-refractivity contribution >= 4 is 5.91 Å². The molecule has 2 aliphatic rings. The van der Waals surface area contributed by atoms with Gasteiger partial charge in [0.05, 0.1) is 0 Å². The summed E-state index contributed by atoms with van der Waals surface area (Å²) in [7, 11) is 0. The van der Waals surface area contributed by atoms with Gasteiger partial charge in [-0.1, -0.05) is 63.9 Å². The molecule has 134 valence electrons. The number of benzene rings is 1. The highest BCUT2D eigenvalue weighted by Gasteiger charge is 2.57. The second kappa shape index (κ2) is 6.20. The SMILES string of the molecule is CCCC1(CC)CCC2(c3ccccc3)CC1CC(C)(C(N)=O)C2.[HH]. The van der Waals surface area contributed by atoms with Gasteiger partial charge < -0.3 is 5.73 Å². The van der Waals surface area contributed by atoms with Crippen LogP contribution >= 0.6 is 0 Å². The number of hydrogen-bond acceptors (Lipinski definition) is 1. The monoisotopic (exact) mass is 329 g/mol. The van der Waals surface area contributed by atoms with Crippen molar-refractivity contribution in [2.24, 2.45) is 22.5 Å². The van der Waals surface area contributed by atoms with Gasteiger partial charge in [0.2, 0.25) is 5.91 Å². The van der Waals surface area contributed by atoms with Gasteiger partial charge >= 0.3 is 0 Å². The van der Waals surface area contributed by atoms with Crippen LogP contribution < -0.4 is 5.73 Å². The normalized spacial score (nSPS) is 38.7. The van der Waals surface area contributed by atoms with Gasteiger partial charge in [-0.15, -0.1) is 0 Å². The van der Waals surface area contributed by atoms with Crippen LogP contribution in [0.15, 0.2) is 30.3 Å². The van der Waals surface area contributed by atoms with Crippen molar-refractivity contribution in [1.29, 1.82) is 0 Å². The van der Waals surface area contributed by atoms with Crippen LogP contribution in [0.4, 0.5) is 0 Å². The van der Waals surface area contributed by atoms with Crippen LogP contribution in [0.1, 0.15) is 79.1 Å². The second-order valence-corrected chi connectivity index (χ2v) is 8.82. The number of rotatable bonds is 5. The van der Waals surface area contributed by atoms with Crippen LogP contribution in [0.3, 0.4) is 0 Å². The van der Waals surface area contributed by atoms with Crippen molar-refractivity contribution in [3.05, 3.63) is 35.9 Å². The molecule has 2 nitrogen and oxygen atoms in total. The van der Waals surface area contributed by atoms with E-state index in [0.717, 1.165) is 12.8 Å². The van der Waals surface area contributed by atoms with E-state index in [4.69, 9.17) is 5.73 Å². The van der Waals surface area contributed by atoms with Crippen LogP contribution in [0.2, 0.25) is 0 Å². The molecular formula is C22H35NO. The summed E-state index contributed by atoms with van der Waals surface area (Å²) in [6.07, 6.45) is 9.37. The summed E-state index contributed by atoms with van der Waals surface area (Å²) in [6, 6.07) is 10.9. The maximum Gasteiger partial charge on any atom is 0.223 e. The Hall–Kier alpha value is -1.31. The van der Waals surface area contributed by atoms with E-state index in [9.17, 15) is 4.79 Å². The lowest BCUT2D eigenvalue weighted by Gasteiger charge is -2.59. The minimum atomic E-state index is -0.368. The largest absolute Gasteiger partial charge is 0.369 e. The van der Waals surface area contributed by atoms with Gasteiger partial charge in [0, 0.05) is 6.84 Å². The van der Waals surface area contributed by atoms with Crippen LogP contribution in [0.25, 0.3) is 0 Å². The topological polar surface area (TPSA) is 43.1 Å². The molecule has 1 aromatic carbocycles. The maximum absolute atomic E-state index is 12.4. The first-order valence-corrected chi connectivity index (χ1v) is 9.75. The van der Waals surface area contributed by atoms with Crippen molar-refractivity contribution in [1.82, 2.24) is 0 Å². The summed E-state index contributed by atoms with van der Waals surface area (Å²) in [5.74, 6) is 0.513. The van der Waals surface area contributed by atoms with E-state index in [1.54, 1.807) is 0 Å². The Bertz CT molecular complexity index is 603. The van der Waals surface area contributed by atoms with E-state index >= 15 is 0 Å². The third-order valence-electron chi connectivity index (χ3n) is 7.46. The third-order valence-corrected chi connectivity index (χ3v) is 7.46. The lowest BCUT2D eigenvalue weighted by molar-refractivity contribution is -0.137. The number of carbonyl (C=O) groups excluding carboxylic acids is 1. The Balaban J connectivity index is 0.00000225. The zero-order valence-electron chi connectivity index (χ0n) is 15.6. The zero-order valence-corrected chi connectivity index (χ0v) is 15.6. The number of carbonyl (C=O) groups is 1. The zero-order chi connectivity index (χ0) is 17.4. The van der Waals surface area contributed by atoms with Gasteiger partial charge in [0.15, 0.2) is 0 Å². The minimum Gasteiger partial charge on any atom is -0.369 e. The average molecular weight is 330 g/mol. The molecule has 2 heteroatoms. The van der Waals surface area contributed by atoms with E-state index < -0.39 is 0 Å². The fourth-order valence-corrected chi connectivity index (χ4v) is 6.11. The van der Waals surface area contributed by atoms with E-state index in [2.05, 4.69) is 51.1 Å². The van der Waals surface area contributed by atoms with Gasteiger partial charge in [0.1, 0.15) is 0 Å². The van der Waals surface area contributed by atoms with Gasteiger partial charge in [0.25, 0.3) is 0 Å². The Kier molecular flexibility index (Phi) is 4.53. The molecule has 1 amide bonds. The summed E-state index contributed by atoms with van der Waals surface area (Å²) in [4.78, 5) is 12.4. The Morgan fingerprint density at radius 3 is 2.50 bits per heavy atom. The summed E-state index contributed by atoms with van der Waals surface area (Å²) in [5.41, 5.74) is 7.50. The summed E-state index contributed by atoms with van der Waals surface area (Å²) >= 11 is 0. The molecule has 4 atom stereocenters. The number of amides is 1. The van der Waals surface area contributed by atoms with E-state index in [1.165, 1.54) is 44.1 Å². The Labute approximate surface area is 148 Å². The highest BCUT2D eigenvalue weighted by Crippen LogP contribution is 2.63. The molecule has 24 heavy (non-hydrogen) atoms.